The lowest BCUT2D eigenvalue weighted by Gasteiger charge is -2.18. The summed E-state index contributed by atoms with van der Waals surface area (Å²) in [6.45, 7) is 0.357. The Morgan fingerprint density at radius 1 is 1.06 bits per heavy atom. The Labute approximate surface area is 223 Å². The number of nitrogens with zero attached hydrogens (tertiary/aromatic N) is 2. The summed E-state index contributed by atoms with van der Waals surface area (Å²) in [6.07, 6.45) is 1.09. The predicted octanol–water partition coefficient (Wildman–Crippen LogP) is 5.24. The molecule has 182 valence electrons. The molecular weight excluding hydrogens is 538 g/mol. The van der Waals surface area contributed by atoms with Gasteiger partial charge in [0, 0.05) is 16.7 Å². The van der Waals surface area contributed by atoms with Gasteiger partial charge in [-0.25, -0.2) is 0 Å². The van der Waals surface area contributed by atoms with Crippen molar-refractivity contribution < 1.29 is 14.3 Å². The third kappa shape index (κ3) is 5.99. The zero-order chi connectivity index (χ0) is 25.5. The number of nitrogens with one attached hydrogen (secondary N) is 1. The quantitative estimate of drug-likeness (QED) is 0.300. The number of hydrogen-bond acceptors (Lipinski definition) is 5. The topological polar surface area (TPSA) is 82.4 Å². The van der Waals surface area contributed by atoms with E-state index in [1.54, 1.807) is 19.2 Å². The molecule has 0 unspecified atom stereocenters. The summed E-state index contributed by atoms with van der Waals surface area (Å²) in [4.78, 5) is 28.1. The van der Waals surface area contributed by atoms with Crippen molar-refractivity contribution in [2.45, 2.75) is 18.1 Å². The number of benzene rings is 3. The van der Waals surface area contributed by atoms with Crippen LogP contribution >= 0.6 is 27.7 Å². The first kappa shape index (κ1) is 25.5. The largest absolute Gasteiger partial charge is 0.497 e. The molecule has 8 heteroatoms. The van der Waals surface area contributed by atoms with Gasteiger partial charge in [-0.15, -0.1) is 0 Å². The maximum atomic E-state index is 13.5. The molecule has 2 amide bonds. The second-order valence-corrected chi connectivity index (χ2v) is 10.2. The summed E-state index contributed by atoms with van der Waals surface area (Å²) in [5, 5.41) is 12.7. The van der Waals surface area contributed by atoms with Gasteiger partial charge < -0.3 is 10.1 Å². The number of nitriles is 1. The maximum absolute atomic E-state index is 13.5. The van der Waals surface area contributed by atoms with Gasteiger partial charge in [0.2, 0.25) is 5.91 Å². The number of carbonyl (C=O) groups is 2. The van der Waals surface area contributed by atoms with Crippen LogP contribution in [0.2, 0.25) is 0 Å². The van der Waals surface area contributed by atoms with Crippen LogP contribution < -0.4 is 15.0 Å². The van der Waals surface area contributed by atoms with Crippen LogP contribution in [0.15, 0.2) is 93.9 Å². The third-order valence-corrected chi connectivity index (χ3v) is 7.50. The number of halogens is 1. The summed E-state index contributed by atoms with van der Waals surface area (Å²) in [6, 6.07) is 26.6. The van der Waals surface area contributed by atoms with Gasteiger partial charge in [0.1, 0.15) is 22.4 Å². The molecule has 0 bridgehead atoms. The highest BCUT2D eigenvalue weighted by Gasteiger charge is 2.40. The molecule has 1 saturated heterocycles. The minimum Gasteiger partial charge on any atom is -0.497 e. The molecule has 4 rings (SSSR count). The number of methoxy groups -OCH3 is 1. The van der Waals surface area contributed by atoms with Crippen LogP contribution in [0, 0.1) is 11.3 Å². The molecule has 1 heterocycles. The fraction of sp³-hybridized carbons (Fsp3) is 0.179. The van der Waals surface area contributed by atoms with E-state index in [0.29, 0.717) is 30.1 Å². The molecular formula is C28H24BrN3O3S. The van der Waals surface area contributed by atoms with Gasteiger partial charge in [0.05, 0.1) is 12.4 Å². The Bertz CT molecular complexity index is 1300. The van der Waals surface area contributed by atoms with E-state index in [1.807, 2.05) is 72.8 Å². The summed E-state index contributed by atoms with van der Waals surface area (Å²) in [7, 11) is 1.61. The van der Waals surface area contributed by atoms with Gasteiger partial charge in [0.15, 0.2) is 0 Å². The zero-order valence-corrected chi connectivity index (χ0v) is 22.0. The first-order valence-corrected chi connectivity index (χ1v) is 13.0. The van der Waals surface area contributed by atoms with E-state index in [2.05, 4.69) is 21.2 Å². The van der Waals surface area contributed by atoms with E-state index >= 15 is 0 Å². The van der Waals surface area contributed by atoms with Crippen LogP contribution in [0.3, 0.4) is 0 Å². The minimum absolute atomic E-state index is 0.0646. The highest BCUT2D eigenvalue weighted by molar-refractivity contribution is 9.10. The van der Waals surface area contributed by atoms with Crippen molar-refractivity contribution >= 4 is 45.2 Å². The number of anilines is 1. The van der Waals surface area contributed by atoms with Gasteiger partial charge in [-0.05, 0) is 60.4 Å². The fourth-order valence-corrected chi connectivity index (χ4v) is 5.41. The van der Waals surface area contributed by atoms with Crippen molar-refractivity contribution in [3.05, 3.63) is 105 Å². The van der Waals surface area contributed by atoms with Crippen molar-refractivity contribution in [3.63, 3.8) is 0 Å². The van der Waals surface area contributed by atoms with Gasteiger partial charge in [-0.1, -0.05) is 70.2 Å². The second-order valence-electron chi connectivity index (χ2n) is 8.09. The van der Waals surface area contributed by atoms with Crippen LogP contribution in [-0.2, 0) is 22.4 Å². The minimum atomic E-state index is -0.494. The molecule has 36 heavy (non-hydrogen) atoms. The van der Waals surface area contributed by atoms with Crippen LogP contribution in [0.1, 0.15) is 11.1 Å². The van der Waals surface area contributed by atoms with Crippen LogP contribution in [-0.4, -0.2) is 30.7 Å². The standard InChI is InChI=1S/C28H24BrN3O3S/c1-35-23-13-9-19(10-14-23)15-16-31-26(33)24(18-30)28-32(22-5-3-2-4-6-22)27(34)25(36-28)17-20-7-11-21(29)12-8-20/h2-14,25H,15-17H2,1H3,(H,31,33)/b28-24+/t25-/m0/s1. The predicted molar refractivity (Wildman–Crippen MR) is 145 cm³/mol. The molecule has 1 atom stereocenters. The van der Waals surface area contributed by atoms with E-state index in [-0.39, 0.29) is 11.5 Å². The summed E-state index contributed by atoms with van der Waals surface area (Å²) in [5.74, 6) is 0.121. The van der Waals surface area contributed by atoms with Crippen molar-refractivity contribution in [1.82, 2.24) is 5.32 Å². The van der Waals surface area contributed by atoms with E-state index in [0.717, 1.165) is 21.3 Å². The van der Waals surface area contributed by atoms with Crippen molar-refractivity contribution in [2.24, 2.45) is 0 Å². The highest BCUT2D eigenvalue weighted by Crippen LogP contribution is 2.41. The highest BCUT2D eigenvalue weighted by atomic mass is 79.9. The molecule has 3 aromatic rings. The maximum Gasteiger partial charge on any atom is 0.264 e. The molecule has 0 saturated carbocycles. The van der Waals surface area contributed by atoms with Crippen LogP contribution in [0.4, 0.5) is 5.69 Å². The van der Waals surface area contributed by atoms with Crippen LogP contribution in [0.25, 0.3) is 0 Å². The molecule has 1 fully saturated rings. The SMILES string of the molecule is COc1ccc(CCNC(=O)/C(C#N)=C2/S[C@@H](Cc3ccc(Br)cc3)C(=O)N2c2ccccc2)cc1. The number of amides is 2. The monoisotopic (exact) mass is 561 g/mol. The number of thioether (sulfide) groups is 1. The molecule has 6 nitrogen and oxygen atoms in total. The summed E-state index contributed by atoms with van der Waals surface area (Å²) >= 11 is 4.69. The molecule has 0 spiro atoms. The first-order chi connectivity index (χ1) is 17.5. The molecule has 1 aliphatic heterocycles. The normalized spacial score (nSPS) is 16.4. The Kier molecular flexibility index (Phi) is 8.47. The summed E-state index contributed by atoms with van der Waals surface area (Å²) in [5.41, 5.74) is 2.60. The Morgan fingerprint density at radius 3 is 2.36 bits per heavy atom. The number of para-hydroxylation sites is 1. The average Bonchev–Trinajstić information content (AvgIpc) is 3.22. The third-order valence-electron chi connectivity index (χ3n) is 5.71. The van der Waals surface area contributed by atoms with Crippen molar-refractivity contribution in [2.75, 3.05) is 18.6 Å². The van der Waals surface area contributed by atoms with E-state index in [4.69, 9.17) is 4.74 Å². The fourth-order valence-electron chi connectivity index (χ4n) is 3.83. The zero-order valence-electron chi connectivity index (χ0n) is 19.6. The lowest BCUT2D eigenvalue weighted by molar-refractivity contribution is -0.117. The number of carbonyl (C=O) groups excluding carboxylic acids is 2. The Morgan fingerprint density at radius 2 is 1.72 bits per heavy atom. The van der Waals surface area contributed by atoms with Crippen LogP contribution in [0.5, 0.6) is 5.75 Å². The van der Waals surface area contributed by atoms with Gasteiger partial charge in [-0.2, -0.15) is 5.26 Å². The lowest BCUT2D eigenvalue weighted by Crippen LogP contribution is -2.32. The van der Waals surface area contributed by atoms with Gasteiger partial charge in [0.25, 0.3) is 5.91 Å². The Hall–Kier alpha value is -3.54. The van der Waals surface area contributed by atoms with Gasteiger partial charge in [-0.3, -0.25) is 14.5 Å². The number of rotatable bonds is 8. The molecule has 0 aromatic heterocycles. The number of hydrogen-bond donors (Lipinski definition) is 1. The van der Waals surface area contributed by atoms with E-state index in [9.17, 15) is 14.9 Å². The molecule has 3 aromatic carbocycles. The van der Waals surface area contributed by atoms with E-state index < -0.39 is 11.2 Å². The first-order valence-electron chi connectivity index (χ1n) is 11.4. The molecule has 1 N–H and O–H groups in total. The molecule has 0 radical (unpaired) electrons. The average molecular weight is 562 g/mol. The molecule has 0 aliphatic carbocycles. The smallest absolute Gasteiger partial charge is 0.264 e. The van der Waals surface area contributed by atoms with E-state index in [1.165, 1.54) is 16.7 Å². The van der Waals surface area contributed by atoms with Crippen molar-refractivity contribution in [3.8, 4) is 11.8 Å². The van der Waals surface area contributed by atoms with Crippen molar-refractivity contribution in [1.29, 1.82) is 5.26 Å². The number of ether oxygens (including phenoxy) is 1. The molecule has 1 aliphatic rings. The Balaban J connectivity index is 1.55. The second kappa shape index (κ2) is 11.9. The summed E-state index contributed by atoms with van der Waals surface area (Å²) < 4.78 is 6.13. The lowest BCUT2D eigenvalue weighted by atomic mass is 10.1. The van der Waals surface area contributed by atoms with Gasteiger partial charge >= 0.3 is 0 Å².